The van der Waals surface area contributed by atoms with Crippen LogP contribution in [-0.2, 0) is 65.4 Å². The van der Waals surface area contributed by atoms with Crippen LogP contribution in [0.5, 0.6) is 0 Å². The Morgan fingerprint density at radius 1 is 0.295 bits per heavy atom. The van der Waals surface area contributed by atoms with Crippen molar-refractivity contribution in [2.45, 2.75) is 401 Å². The summed E-state index contributed by atoms with van der Waals surface area (Å²) < 4.78 is 68.5. The van der Waals surface area contributed by atoms with E-state index in [2.05, 4.69) is 55.4 Å². The molecular weight excluding hydrogens is 1250 g/mol. The number of rotatable bonds is 73. The van der Waals surface area contributed by atoms with Crippen LogP contribution in [0.15, 0.2) is 0 Å². The van der Waals surface area contributed by atoms with Gasteiger partial charge in [0.25, 0.3) is 0 Å². The second-order valence-corrected chi connectivity index (χ2v) is 31.5. The minimum absolute atomic E-state index is 0.102. The molecule has 0 aliphatic carbocycles. The van der Waals surface area contributed by atoms with Gasteiger partial charge in [0, 0.05) is 25.7 Å². The molecule has 0 saturated carbocycles. The number of phosphoric acid groups is 2. The summed E-state index contributed by atoms with van der Waals surface area (Å²) in [6.45, 7) is 14.2. The Morgan fingerprint density at radius 3 is 0.747 bits per heavy atom. The molecule has 5 unspecified atom stereocenters. The molecule has 3 N–H and O–H groups in total. The number of aliphatic hydroxyl groups is 1. The molecule has 0 aromatic heterocycles. The molecule has 0 radical (unpaired) electrons. The van der Waals surface area contributed by atoms with Crippen LogP contribution < -0.4 is 0 Å². The molecule has 0 spiro atoms. The minimum Gasteiger partial charge on any atom is -0.462 e. The molecule has 19 heteroatoms. The lowest BCUT2D eigenvalue weighted by Gasteiger charge is -2.21. The highest BCUT2D eigenvalue weighted by molar-refractivity contribution is 7.47. The molecule has 0 amide bonds. The molecule has 8 atom stereocenters. The van der Waals surface area contributed by atoms with Crippen molar-refractivity contribution in [1.82, 2.24) is 0 Å². The standard InChI is InChI=1S/C76H148O17P2/c1-9-67(6)53-45-37-29-25-22-23-26-30-40-48-56-73(78)86-62-72(93-76(81)59-51-43-35-33-39-47-55-69(8)11-3)65-91-95(84,85)89-61-70(77)60-88-94(82,83)90-64-71(63-87-74(79)57-49-41-34-32-38-46-54-68(7)10-2)92-75(80)58-50-42-31-27-21-19-17-15-13-12-14-16-18-20-24-28-36-44-52-66(4)5/h66-72,77H,9-65H2,1-8H3,(H,82,83)(H,84,85)/t67?,68?,69?,70-,71+,72+/m0/s1. The highest BCUT2D eigenvalue weighted by Gasteiger charge is 2.30. The van der Waals surface area contributed by atoms with Crippen LogP contribution in [0.25, 0.3) is 0 Å². The predicted molar refractivity (Wildman–Crippen MR) is 386 cm³/mol. The topological polar surface area (TPSA) is 237 Å². The summed E-state index contributed by atoms with van der Waals surface area (Å²) in [5, 5.41) is 10.6. The van der Waals surface area contributed by atoms with Gasteiger partial charge in [0.1, 0.15) is 19.3 Å². The number of esters is 4. The molecule has 95 heavy (non-hydrogen) atoms. The van der Waals surface area contributed by atoms with Gasteiger partial charge in [-0.2, -0.15) is 0 Å². The Morgan fingerprint density at radius 2 is 0.505 bits per heavy atom. The summed E-state index contributed by atoms with van der Waals surface area (Å²) >= 11 is 0. The zero-order valence-corrected chi connectivity index (χ0v) is 64.1. The minimum atomic E-state index is -4.96. The van der Waals surface area contributed by atoms with Crippen LogP contribution in [0, 0.1) is 23.7 Å². The van der Waals surface area contributed by atoms with Crippen molar-refractivity contribution >= 4 is 39.5 Å². The number of hydrogen-bond donors (Lipinski definition) is 3. The fraction of sp³-hybridized carbons (Fsp3) is 0.947. The first kappa shape index (κ1) is 93.1. The van der Waals surface area contributed by atoms with Crippen molar-refractivity contribution in [1.29, 1.82) is 0 Å². The molecule has 0 rings (SSSR count). The van der Waals surface area contributed by atoms with Crippen LogP contribution in [0.1, 0.15) is 383 Å². The van der Waals surface area contributed by atoms with Gasteiger partial charge in [-0.1, -0.05) is 331 Å². The maximum Gasteiger partial charge on any atom is 0.472 e. The average molecular weight is 1400 g/mol. The summed E-state index contributed by atoms with van der Waals surface area (Å²) in [6.07, 6.45) is 50.1. The summed E-state index contributed by atoms with van der Waals surface area (Å²) in [7, 11) is -9.91. The Bertz CT molecular complexity index is 1870. The third-order valence-corrected chi connectivity index (χ3v) is 20.6. The van der Waals surface area contributed by atoms with Crippen molar-refractivity contribution in [2.24, 2.45) is 23.7 Å². The number of phosphoric ester groups is 2. The lowest BCUT2D eigenvalue weighted by atomic mass is 9.99. The van der Waals surface area contributed by atoms with E-state index >= 15 is 0 Å². The molecule has 564 valence electrons. The van der Waals surface area contributed by atoms with Gasteiger partial charge in [0.05, 0.1) is 26.4 Å². The number of hydrogen-bond acceptors (Lipinski definition) is 15. The molecule has 0 fully saturated rings. The van der Waals surface area contributed by atoms with Gasteiger partial charge in [-0.3, -0.25) is 37.3 Å². The summed E-state index contributed by atoms with van der Waals surface area (Å²) in [6, 6.07) is 0. The quantitative estimate of drug-likeness (QED) is 0.0222. The Balaban J connectivity index is 5.18. The lowest BCUT2D eigenvalue weighted by molar-refractivity contribution is -0.161. The average Bonchev–Trinajstić information content (AvgIpc) is 1.84. The molecule has 0 aliphatic rings. The molecule has 0 aromatic carbocycles. The van der Waals surface area contributed by atoms with Crippen LogP contribution >= 0.6 is 15.6 Å². The van der Waals surface area contributed by atoms with Crippen LogP contribution in [0.3, 0.4) is 0 Å². The van der Waals surface area contributed by atoms with Gasteiger partial charge >= 0.3 is 39.5 Å². The molecule has 0 bridgehead atoms. The van der Waals surface area contributed by atoms with E-state index in [0.29, 0.717) is 25.7 Å². The lowest BCUT2D eigenvalue weighted by Crippen LogP contribution is -2.30. The van der Waals surface area contributed by atoms with Gasteiger partial charge in [-0.05, 0) is 49.4 Å². The van der Waals surface area contributed by atoms with Crippen molar-refractivity contribution in [3.63, 3.8) is 0 Å². The predicted octanol–water partition coefficient (Wildman–Crippen LogP) is 22.0. The van der Waals surface area contributed by atoms with E-state index in [1.165, 1.54) is 180 Å². The van der Waals surface area contributed by atoms with E-state index in [1.54, 1.807) is 0 Å². The molecular formula is C76H148O17P2. The second kappa shape index (κ2) is 65.4. The fourth-order valence-electron chi connectivity index (χ4n) is 11.5. The molecule has 17 nitrogen and oxygen atoms in total. The Labute approximate surface area is 581 Å². The third-order valence-electron chi connectivity index (χ3n) is 18.7. The van der Waals surface area contributed by atoms with Crippen molar-refractivity contribution in [3.05, 3.63) is 0 Å². The number of carbonyl (C=O) groups excluding carboxylic acids is 4. The van der Waals surface area contributed by atoms with Gasteiger partial charge in [-0.15, -0.1) is 0 Å². The molecule has 0 aromatic rings. The molecule has 0 saturated heterocycles. The smallest absolute Gasteiger partial charge is 0.462 e. The molecule has 0 heterocycles. The van der Waals surface area contributed by atoms with E-state index in [-0.39, 0.29) is 25.7 Å². The number of aliphatic hydroxyl groups excluding tert-OH is 1. The fourth-order valence-corrected chi connectivity index (χ4v) is 13.0. The maximum atomic E-state index is 13.1. The van der Waals surface area contributed by atoms with E-state index < -0.39 is 97.5 Å². The summed E-state index contributed by atoms with van der Waals surface area (Å²) in [5.41, 5.74) is 0. The van der Waals surface area contributed by atoms with Crippen molar-refractivity contribution < 1.29 is 80.2 Å². The van der Waals surface area contributed by atoms with Crippen molar-refractivity contribution in [3.8, 4) is 0 Å². The summed E-state index contributed by atoms with van der Waals surface area (Å²) in [5.74, 6) is 0.955. The SMILES string of the molecule is CCC(C)CCCCCCCCCCCCC(=O)OC[C@H](COP(=O)(O)OC[C@@H](O)COP(=O)(O)OC[C@@H](COC(=O)CCCCCCCCC(C)CC)OC(=O)CCCCCCCCCCCCCCCCCCCCC(C)C)OC(=O)CCCCCCCCC(C)CC. The third kappa shape index (κ3) is 66.4. The first-order chi connectivity index (χ1) is 45.7. The van der Waals surface area contributed by atoms with E-state index in [0.717, 1.165) is 120 Å². The van der Waals surface area contributed by atoms with Gasteiger partial charge in [0.2, 0.25) is 0 Å². The first-order valence-corrected chi connectivity index (χ1v) is 42.3. The largest absolute Gasteiger partial charge is 0.472 e. The first-order valence-electron chi connectivity index (χ1n) is 39.3. The summed E-state index contributed by atoms with van der Waals surface area (Å²) in [4.78, 5) is 72.7. The van der Waals surface area contributed by atoms with E-state index in [1.807, 2.05) is 0 Å². The molecule has 0 aliphatic heterocycles. The Kier molecular flexibility index (Phi) is 64.0. The Hall–Kier alpha value is -1.94. The van der Waals surface area contributed by atoms with E-state index in [9.17, 15) is 43.2 Å². The number of ether oxygens (including phenoxy) is 4. The number of carbonyl (C=O) groups is 4. The van der Waals surface area contributed by atoms with Gasteiger partial charge in [-0.25, -0.2) is 9.13 Å². The van der Waals surface area contributed by atoms with Crippen LogP contribution in [0.2, 0.25) is 0 Å². The maximum absolute atomic E-state index is 13.1. The van der Waals surface area contributed by atoms with Gasteiger partial charge in [0.15, 0.2) is 12.2 Å². The monoisotopic (exact) mass is 1400 g/mol. The highest BCUT2D eigenvalue weighted by atomic mass is 31.2. The van der Waals surface area contributed by atoms with Crippen LogP contribution in [0.4, 0.5) is 0 Å². The highest BCUT2D eigenvalue weighted by Crippen LogP contribution is 2.45. The number of unbranched alkanes of at least 4 members (excludes halogenated alkanes) is 36. The van der Waals surface area contributed by atoms with Crippen LogP contribution in [-0.4, -0.2) is 96.7 Å². The van der Waals surface area contributed by atoms with Crippen molar-refractivity contribution in [2.75, 3.05) is 39.6 Å². The zero-order chi connectivity index (χ0) is 70.3. The van der Waals surface area contributed by atoms with Gasteiger partial charge < -0.3 is 33.8 Å². The van der Waals surface area contributed by atoms with E-state index in [4.69, 9.17) is 37.0 Å². The second-order valence-electron chi connectivity index (χ2n) is 28.6. The normalized spacial score (nSPS) is 15.0. The zero-order valence-electron chi connectivity index (χ0n) is 62.3.